The highest BCUT2D eigenvalue weighted by molar-refractivity contribution is 6.01. The smallest absolute Gasteiger partial charge is 0.410 e. The van der Waals surface area contributed by atoms with E-state index >= 15 is 8.78 Å². The van der Waals surface area contributed by atoms with Gasteiger partial charge in [0.1, 0.15) is 53.1 Å². The average Bonchev–Trinajstić information content (AvgIpc) is 3.92. The Morgan fingerprint density at radius 2 is 1.88 bits per heavy atom. The van der Waals surface area contributed by atoms with Crippen molar-refractivity contribution in [3.63, 3.8) is 0 Å². The zero-order chi connectivity index (χ0) is 40.7. The maximum atomic E-state index is 17.1. The molecular weight excluding hydrogens is 755 g/mol. The summed E-state index contributed by atoms with van der Waals surface area (Å²) in [5, 5.41) is 12.0. The predicted octanol–water partition coefficient (Wildman–Crippen LogP) is 6.76. The lowest BCUT2D eigenvalue weighted by molar-refractivity contribution is 0.0238. The molecule has 58 heavy (non-hydrogen) atoms. The van der Waals surface area contributed by atoms with E-state index in [0.717, 1.165) is 19.4 Å². The van der Waals surface area contributed by atoms with Crippen LogP contribution in [0.5, 0.6) is 11.8 Å². The lowest BCUT2D eigenvalue weighted by Gasteiger charge is -2.38. The fourth-order valence-electron chi connectivity index (χ4n) is 9.91. The largest absolute Gasteiger partial charge is 0.508 e. The molecule has 5 aliphatic heterocycles. The molecule has 5 fully saturated rings. The lowest BCUT2D eigenvalue weighted by Crippen LogP contribution is -2.50. The number of halogens is 3. The van der Waals surface area contributed by atoms with Crippen molar-refractivity contribution in [3.8, 4) is 23.0 Å². The highest BCUT2D eigenvalue weighted by Crippen LogP contribution is 2.42. The molecule has 0 bridgehead atoms. The maximum absolute atomic E-state index is 17.1. The van der Waals surface area contributed by atoms with E-state index in [-0.39, 0.29) is 53.8 Å². The molecule has 2 unspecified atom stereocenters. The van der Waals surface area contributed by atoms with Gasteiger partial charge < -0.3 is 29.1 Å². The van der Waals surface area contributed by atoms with Crippen molar-refractivity contribution >= 4 is 39.7 Å². The molecule has 2 aromatic heterocycles. The van der Waals surface area contributed by atoms with Gasteiger partial charge >= 0.3 is 18.2 Å². The Bertz CT molecular complexity index is 2300. The number of rotatable bonds is 7. The van der Waals surface area contributed by atoms with Gasteiger partial charge in [0, 0.05) is 50.4 Å². The topological polar surface area (TPSA) is 134 Å². The van der Waals surface area contributed by atoms with E-state index in [1.165, 1.54) is 24.4 Å². The van der Waals surface area contributed by atoms with Crippen LogP contribution in [0.25, 0.3) is 32.9 Å². The number of phenolic OH excluding ortho intramolecular Hbond substituents is 1. The first kappa shape index (κ1) is 38.4. The average molecular weight is 804 g/mol. The van der Waals surface area contributed by atoms with Crippen molar-refractivity contribution < 1.29 is 42.1 Å². The van der Waals surface area contributed by atoms with E-state index in [0.29, 0.717) is 79.4 Å². The van der Waals surface area contributed by atoms with Crippen LogP contribution >= 0.6 is 0 Å². The van der Waals surface area contributed by atoms with Crippen molar-refractivity contribution in [2.75, 3.05) is 50.8 Å². The second-order valence-electron chi connectivity index (χ2n) is 17.3. The Balaban J connectivity index is 1.04. The van der Waals surface area contributed by atoms with Crippen molar-refractivity contribution in [3.05, 3.63) is 47.7 Å². The molecule has 0 radical (unpaired) electrons. The summed E-state index contributed by atoms with van der Waals surface area (Å²) in [5.74, 6) is -0.960. The van der Waals surface area contributed by atoms with Gasteiger partial charge in [0.15, 0.2) is 5.82 Å². The van der Waals surface area contributed by atoms with Gasteiger partial charge in [-0.25, -0.2) is 22.8 Å². The van der Waals surface area contributed by atoms with E-state index in [1.807, 2.05) is 11.8 Å². The van der Waals surface area contributed by atoms with E-state index in [4.69, 9.17) is 19.2 Å². The van der Waals surface area contributed by atoms with Crippen LogP contribution in [-0.4, -0.2) is 128 Å². The van der Waals surface area contributed by atoms with Crippen LogP contribution in [0.2, 0.25) is 0 Å². The summed E-state index contributed by atoms with van der Waals surface area (Å²) in [6, 6.07) is 5.21. The molecule has 5 saturated heterocycles. The molecular formula is C42H48F3N7O6. The molecule has 5 aliphatic rings. The third-order valence-corrected chi connectivity index (χ3v) is 12.5. The molecule has 1 N–H and O–H groups in total. The molecule has 16 heteroatoms. The van der Waals surface area contributed by atoms with Gasteiger partial charge in [0.2, 0.25) is 0 Å². The number of fused-ring (bicyclic) bond motifs is 4. The van der Waals surface area contributed by atoms with Crippen LogP contribution in [0, 0.1) is 11.6 Å². The molecule has 0 saturated carbocycles. The number of aromatic nitrogens is 3. The SMILES string of the molecule is CCc1c(F)ccc2cc(O)cc(-c3ncc4c(N5CCC(N6C(=O)OC7CN(C(=O)OC(C)(C)C)CC76)CC5)nc(OC[C@@]56CCCN5C[C@H](F)C6)nc4c3F)c12. The fourth-order valence-corrected chi connectivity index (χ4v) is 9.91. The molecule has 13 nitrogen and oxygen atoms in total. The molecule has 2 aromatic carbocycles. The highest BCUT2D eigenvalue weighted by Gasteiger charge is 2.52. The number of pyridine rings is 1. The number of likely N-dealkylation sites (tertiary alicyclic amines) is 1. The molecule has 2 amide bonds. The first-order valence-electron chi connectivity index (χ1n) is 20.3. The number of carbonyl (C=O) groups excluding carboxylic acids is 2. The minimum Gasteiger partial charge on any atom is -0.508 e. The fraction of sp³-hybridized carbons (Fsp3) is 0.548. The number of hydrogen-bond acceptors (Lipinski definition) is 11. The van der Waals surface area contributed by atoms with Crippen molar-refractivity contribution in [2.24, 2.45) is 0 Å². The Kier molecular flexibility index (Phi) is 9.47. The van der Waals surface area contributed by atoms with Gasteiger partial charge in [-0.1, -0.05) is 13.0 Å². The van der Waals surface area contributed by atoms with Gasteiger partial charge in [0.25, 0.3) is 0 Å². The third-order valence-electron chi connectivity index (χ3n) is 12.5. The number of piperidine rings is 1. The Hall–Kier alpha value is -5.12. The number of anilines is 1. The normalized spacial score (nSPS) is 25.2. The number of hydrogen-bond donors (Lipinski definition) is 1. The van der Waals surface area contributed by atoms with Crippen molar-refractivity contribution in [1.82, 2.24) is 29.7 Å². The minimum absolute atomic E-state index is 0.0622. The van der Waals surface area contributed by atoms with E-state index < -0.39 is 47.2 Å². The Labute approximate surface area is 334 Å². The molecule has 7 heterocycles. The summed E-state index contributed by atoms with van der Waals surface area (Å²) in [7, 11) is 0. The number of aryl methyl sites for hydroxylation is 1. The summed E-state index contributed by atoms with van der Waals surface area (Å²) in [6.45, 7) is 9.92. The summed E-state index contributed by atoms with van der Waals surface area (Å²) < 4.78 is 64.6. The van der Waals surface area contributed by atoms with Gasteiger partial charge in [-0.3, -0.25) is 14.8 Å². The molecule has 4 atom stereocenters. The van der Waals surface area contributed by atoms with Crippen LogP contribution in [0.1, 0.15) is 65.4 Å². The zero-order valence-electron chi connectivity index (χ0n) is 33.1. The number of nitrogens with zero attached hydrogens (tertiary/aromatic N) is 7. The first-order chi connectivity index (χ1) is 27.7. The van der Waals surface area contributed by atoms with Gasteiger partial charge in [-0.05, 0) is 94.0 Å². The third kappa shape index (κ3) is 6.66. The lowest BCUT2D eigenvalue weighted by atomic mass is 9.94. The van der Waals surface area contributed by atoms with Crippen LogP contribution < -0.4 is 9.64 Å². The van der Waals surface area contributed by atoms with Crippen LogP contribution in [0.3, 0.4) is 0 Å². The van der Waals surface area contributed by atoms with Crippen LogP contribution in [0.4, 0.5) is 28.6 Å². The molecule has 308 valence electrons. The molecule has 0 spiro atoms. The second kappa shape index (κ2) is 14.3. The second-order valence-corrected chi connectivity index (χ2v) is 17.3. The predicted molar refractivity (Wildman–Crippen MR) is 209 cm³/mol. The number of carbonyl (C=O) groups is 2. The number of amides is 2. The minimum atomic E-state index is -0.966. The van der Waals surface area contributed by atoms with Crippen molar-refractivity contribution in [2.45, 2.75) is 102 Å². The highest BCUT2D eigenvalue weighted by atomic mass is 19.1. The monoisotopic (exact) mass is 803 g/mol. The number of phenols is 1. The summed E-state index contributed by atoms with van der Waals surface area (Å²) in [4.78, 5) is 47.5. The Morgan fingerprint density at radius 1 is 1.09 bits per heavy atom. The van der Waals surface area contributed by atoms with E-state index in [2.05, 4.69) is 14.9 Å². The van der Waals surface area contributed by atoms with Crippen molar-refractivity contribution in [1.29, 1.82) is 0 Å². The quantitative estimate of drug-likeness (QED) is 0.213. The number of benzene rings is 2. The maximum Gasteiger partial charge on any atom is 0.410 e. The summed E-state index contributed by atoms with van der Waals surface area (Å²) in [6.07, 6.45) is 2.64. The standard InChI is InChI=1S/C42H48F3N7O6/c1-5-27-30(44)8-7-23-15-26(53)16-28(33(23)27)35-34(45)36-29(18-46-35)37(48-38(47-36)56-22-42-11-6-12-51(42)19-24(43)17-42)49-13-9-25(10-14-49)52-31-20-50(21-32(31)57-40(52)55)39(54)58-41(2,3)4/h7-8,15-16,18,24-25,31-32,53H,5-6,9-14,17,19-22H2,1-4H3/t24-,31?,32?,42+/m1/s1. The molecule has 0 aliphatic carbocycles. The van der Waals surface area contributed by atoms with Gasteiger partial charge in [-0.2, -0.15) is 9.97 Å². The first-order valence-corrected chi connectivity index (χ1v) is 20.3. The number of ether oxygens (including phenoxy) is 3. The molecule has 9 rings (SSSR count). The van der Waals surface area contributed by atoms with E-state index in [1.54, 1.807) is 36.6 Å². The van der Waals surface area contributed by atoms with Gasteiger partial charge in [-0.15, -0.1) is 0 Å². The zero-order valence-corrected chi connectivity index (χ0v) is 33.1. The Morgan fingerprint density at radius 3 is 2.64 bits per heavy atom. The summed E-state index contributed by atoms with van der Waals surface area (Å²) >= 11 is 0. The van der Waals surface area contributed by atoms with Crippen LogP contribution in [0.15, 0.2) is 30.5 Å². The van der Waals surface area contributed by atoms with E-state index in [9.17, 15) is 19.1 Å². The van der Waals surface area contributed by atoms with Crippen LogP contribution in [-0.2, 0) is 15.9 Å². The summed E-state index contributed by atoms with van der Waals surface area (Å²) in [5.41, 5.74) is -0.736. The molecule has 4 aromatic rings. The number of alkyl halides is 1. The van der Waals surface area contributed by atoms with Gasteiger partial charge in [0.05, 0.1) is 23.5 Å². The number of aromatic hydroxyl groups is 1.